The average Bonchev–Trinajstić information content (AvgIpc) is 2.93. The van der Waals surface area contributed by atoms with Crippen molar-refractivity contribution in [2.45, 2.75) is 25.8 Å². The van der Waals surface area contributed by atoms with E-state index in [4.69, 9.17) is 5.73 Å². The zero-order chi connectivity index (χ0) is 22.8. The van der Waals surface area contributed by atoms with Gasteiger partial charge in [0.25, 0.3) is 5.91 Å². The fourth-order valence-electron chi connectivity index (χ4n) is 3.38. The molecule has 1 atom stereocenters. The molecule has 1 aliphatic heterocycles. The number of hydrogen-bond donors (Lipinski definition) is 2. The normalized spacial score (nSPS) is 18.1. The Bertz CT molecular complexity index is 1020. The lowest BCUT2D eigenvalue weighted by Gasteiger charge is -2.25. The maximum atomic E-state index is 13.3. The number of primary amides is 1. The number of carbonyl (C=O) groups excluding carboxylic acids is 4. The summed E-state index contributed by atoms with van der Waals surface area (Å²) in [5.41, 5.74) is 5.80. The molecule has 5 amide bonds. The fraction of sp³-hybridized carbons (Fsp3) is 0.273. The van der Waals surface area contributed by atoms with Crippen molar-refractivity contribution in [3.05, 3.63) is 65.5 Å². The number of rotatable bonds is 7. The number of aryl methyl sites for hydroxylation is 1. The molecule has 1 heterocycles. The van der Waals surface area contributed by atoms with E-state index in [1.807, 2.05) is 19.1 Å². The third-order valence-corrected chi connectivity index (χ3v) is 5.22. The first-order valence-corrected chi connectivity index (χ1v) is 9.67. The van der Waals surface area contributed by atoms with Crippen LogP contribution in [0.5, 0.6) is 0 Å². The van der Waals surface area contributed by atoms with Gasteiger partial charge in [0.1, 0.15) is 17.9 Å². The lowest BCUT2D eigenvalue weighted by molar-refractivity contribution is -0.134. The zero-order valence-electron chi connectivity index (χ0n) is 17.2. The van der Waals surface area contributed by atoms with Crippen LogP contribution in [0.2, 0.25) is 0 Å². The maximum Gasteiger partial charge on any atom is 0.325 e. The Labute approximate surface area is 178 Å². The molecule has 1 saturated heterocycles. The second kappa shape index (κ2) is 8.55. The summed E-state index contributed by atoms with van der Waals surface area (Å²) in [5, 5.41) is 2.65. The number of nitrogens with one attached hydrogen (secondary N) is 1. The van der Waals surface area contributed by atoms with Crippen LogP contribution in [0.1, 0.15) is 24.5 Å². The van der Waals surface area contributed by atoms with E-state index in [0.29, 0.717) is 11.3 Å². The zero-order valence-corrected chi connectivity index (χ0v) is 17.2. The van der Waals surface area contributed by atoms with E-state index in [0.717, 1.165) is 10.5 Å². The molecule has 0 spiro atoms. The summed E-state index contributed by atoms with van der Waals surface area (Å²) < 4.78 is 13.3. The Kier molecular flexibility index (Phi) is 6.05. The molecular formula is C22H23FN4O4. The van der Waals surface area contributed by atoms with Crippen LogP contribution < -0.4 is 16.0 Å². The Hall–Kier alpha value is -3.75. The Morgan fingerprint density at radius 3 is 2.29 bits per heavy atom. The van der Waals surface area contributed by atoms with Crippen LogP contribution in [-0.4, -0.2) is 41.7 Å². The number of anilines is 1. The van der Waals surface area contributed by atoms with Gasteiger partial charge in [0, 0.05) is 18.7 Å². The van der Waals surface area contributed by atoms with Crippen molar-refractivity contribution >= 4 is 29.4 Å². The summed E-state index contributed by atoms with van der Waals surface area (Å²) in [4.78, 5) is 51.9. The van der Waals surface area contributed by atoms with Crippen LogP contribution in [-0.2, 0) is 19.9 Å². The van der Waals surface area contributed by atoms with Crippen LogP contribution in [0.25, 0.3) is 0 Å². The highest BCUT2D eigenvalue weighted by atomic mass is 19.1. The van der Waals surface area contributed by atoms with Crippen LogP contribution in [0.15, 0.2) is 48.5 Å². The van der Waals surface area contributed by atoms with Crippen LogP contribution in [0.3, 0.4) is 0 Å². The third kappa shape index (κ3) is 4.55. The smallest absolute Gasteiger partial charge is 0.325 e. The van der Waals surface area contributed by atoms with E-state index in [-0.39, 0.29) is 13.0 Å². The quantitative estimate of drug-likeness (QED) is 0.658. The van der Waals surface area contributed by atoms with Gasteiger partial charge in [-0.2, -0.15) is 0 Å². The van der Waals surface area contributed by atoms with Gasteiger partial charge in [0.15, 0.2) is 0 Å². The van der Waals surface area contributed by atoms with Crippen LogP contribution >= 0.6 is 0 Å². The average molecular weight is 426 g/mol. The number of carbonyl (C=O) groups is 4. The molecule has 1 unspecified atom stereocenters. The number of nitrogens with two attached hydrogens (primary N) is 1. The highest BCUT2D eigenvalue weighted by molar-refractivity contribution is 6.10. The van der Waals surface area contributed by atoms with E-state index in [1.165, 1.54) is 29.2 Å². The van der Waals surface area contributed by atoms with E-state index in [1.54, 1.807) is 19.1 Å². The number of benzene rings is 2. The largest absolute Gasteiger partial charge is 0.370 e. The van der Waals surface area contributed by atoms with Crippen LogP contribution in [0.4, 0.5) is 14.9 Å². The predicted octanol–water partition coefficient (Wildman–Crippen LogP) is 1.81. The topological polar surface area (TPSA) is 113 Å². The number of amides is 5. The lowest BCUT2D eigenvalue weighted by Crippen LogP contribution is -2.45. The number of urea groups is 1. The lowest BCUT2D eigenvalue weighted by atomic mass is 9.91. The standard InChI is InChI=1S/C22H23FN4O4/c1-14-3-5-15(6-4-14)22(2)20(30)27(21(31)25-22)13-19(29)26(12-11-18(24)28)17-9-7-16(23)8-10-17/h3-10H,11-13H2,1-2H3,(H2,24,28)(H,25,31). The molecule has 162 valence electrons. The highest BCUT2D eigenvalue weighted by Gasteiger charge is 2.49. The number of imide groups is 1. The fourth-order valence-corrected chi connectivity index (χ4v) is 3.38. The molecule has 0 bridgehead atoms. The minimum absolute atomic E-state index is 0.0708. The number of hydrogen-bond acceptors (Lipinski definition) is 4. The molecule has 2 aromatic rings. The summed E-state index contributed by atoms with van der Waals surface area (Å²) in [6.45, 7) is 2.87. The van der Waals surface area contributed by atoms with Crippen LogP contribution in [0, 0.1) is 12.7 Å². The van der Waals surface area contributed by atoms with Crippen molar-refractivity contribution in [3.8, 4) is 0 Å². The maximum absolute atomic E-state index is 13.3. The first-order valence-electron chi connectivity index (χ1n) is 9.67. The number of halogens is 1. The van der Waals surface area contributed by atoms with Gasteiger partial charge in [-0.05, 0) is 43.7 Å². The summed E-state index contributed by atoms with van der Waals surface area (Å²) in [7, 11) is 0. The van der Waals surface area contributed by atoms with Gasteiger partial charge in [-0.25, -0.2) is 9.18 Å². The van der Waals surface area contributed by atoms with Gasteiger partial charge >= 0.3 is 6.03 Å². The van der Waals surface area contributed by atoms with E-state index in [2.05, 4.69) is 5.32 Å². The first-order chi connectivity index (χ1) is 14.6. The second-order valence-corrected chi connectivity index (χ2v) is 7.55. The van der Waals surface area contributed by atoms with Gasteiger partial charge < -0.3 is 16.0 Å². The van der Waals surface area contributed by atoms with Crippen molar-refractivity contribution in [3.63, 3.8) is 0 Å². The van der Waals surface area contributed by atoms with Crippen molar-refractivity contribution in [2.24, 2.45) is 5.73 Å². The van der Waals surface area contributed by atoms with Gasteiger partial charge in [-0.3, -0.25) is 19.3 Å². The van der Waals surface area contributed by atoms with Gasteiger partial charge in [-0.1, -0.05) is 29.8 Å². The molecule has 0 radical (unpaired) electrons. The molecule has 0 aliphatic carbocycles. The summed E-state index contributed by atoms with van der Waals surface area (Å²) in [6, 6.07) is 11.5. The number of nitrogens with zero attached hydrogens (tertiary/aromatic N) is 2. The van der Waals surface area contributed by atoms with E-state index < -0.39 is 41.7 Å². The summed E-state index contributed by atoms with van der Waals surface area (Å²) in [5.74, 6) is -2.29. The minimum atomic E-state index is -1.31. The minimum Gasteiger partial charge on any atom is -0.370 e. The first kappa shape index (κ1) is 21.9. The second-order valence-electron chi connectivity index (χ2n) is 7.55. The molecular weight excluding hydrogens is 403 g/mol. The Morgan fingerprint density at radius 1 is 1.10 bits per heavy atom. The van der Waals surface area contributed by atoms with Gasteiger partial charge in [0.2, 0.25) is 11.8 Å². The summed E-state index contributed by atoms with van der Waals surface area (Å²) >= 11 is 0. The molecule has 3 rings (SSSR count). The molecule has 1 fully saturated rings. The van der Waals surface area contributed by atoms with Gasteiger partial charge in [0.05, 0.1) is 0 Å². The van der Waals surface area contributed by atoms with Crippen molar-refractivity contribution < 1.29 is 23.6 Å². The molecule has 0 aromatic heterocycles. The van der Waals surface area contributed by atoms with Crippen molar-refractivity contribution in [1.29, 1.82) is 0 Å². The Balaban J connectivity index is 1.83. The highest BCUT2D eigenvalue weighted by Crippen LogP contribution is 2.29. The molecule has 0 saturated carbocycles. The van der Waals surface area contributed by atoms with E-state index in [9.17, 15) is 23.6 Å². The van der Waals surface area contributed by atoms with Crippen molar-refractivity contribution in [2.75, 3.05) is 18.0 Å². The molecule has 3 N–H and O–H groups in total. The SMILES string of the molecule is Cc1ccc(C2(C)NC(=O)N(CC(=O)N(CCC(N)=O)c3ccc(F)cc3)C2=O)cc1. The third-order valence-electron chi connectivity index (χ3n) is 5.22. The Morgan fingerprint density at radius 2 is 1.71 bits per heavy atom. The predicted molar refractivity (Wildman–Crippen MR) is 111 cm³/mol. The molecule has 8 nitrogen and oxygen atoms in total. The molecule has 9 heteroatoms. The summed E-state index contributed by atoms with van der Waals surface area (Å²) in [6.07, 6.45) is -0.135. The van der Waals surface area contributed by atoms with Gasteiger partial charge in [-0.15, -0.1) is 0 Å². The molecule has 31 heavy (non-hydrogen) atoms. The van der Waals surface area contributed by atoms with Crippen molar-refractivity contribution in [1.82, 2.24) is 10.2 Å². The monoisotopic (exact) mass is 426 g/mol. The molecule has 2 aromatic carbocycles. The molecule has 1 aliphatic rings. The van der Waals surface area contributed by atoms with E-state index >= 15 is 0 Å².